The number of fused-ring (bicyclic) bond motifs is 3. The van der Waals surface area contributed by atoms with E-state index >= 15 is 14.4 Å². The molecule has 9 rings (SSSR count). The van der Waals surface area contributed by atoms with Gasteiger partial charge in [0.1, 0.15) is 36.5 Å². The van der Waals surface area contributed by atoms with Gasteiger partial charge in [0, 0.05) is 37.2 Å². The van der Waals surface area contributed by atoms with Gasteiger partial charge in [-0.3, -0.25) is 29.4 Å². The molecular formula is C54H52N4O11. The van der Waals surface area contributed by atoms with Crippen molar-refractivity contribution in [3.63, 3.8) is 0 Å². The number of nitrogens with zero attached hydrogens (tertiary/aromatic N) is 4. The van der Waals surface area contributed by atoms with Gasteiger partial charge in [0.15, 0.2) is 0 Å². The molecule has 3 amide bonds. The van der Waals surface area contributed by atoms with Crippen LogP contribution in [-0.2, 0) is 35.9 Å². The largest absolute Gasteiger partial charge is 0.491 e. The summed E-state index contributed by atoms with van der Waals surface area (Å²) in [6, 6.07) is 32.9. The van der Waals surface area contributed by atoms with Crippen molar-refractivity contribution in [3.05, 3.63) is 171 Å². The van der Waals surface area contributed by atoms with Crippen LogP contribution in [0.4, 0.5) is 16.2 Å². The van der Waals surface area contributed by atoms with Crippen LogP contribution in [0.15, 0.2) is 127 Å². The number of rotatable bonds is 11. The maximum absolute atomic E-state index is 16.6. The summed E-state index contributed by atoms with van der Waals surface area (Å²) in [6.07, 6.45) is 2.35. The Bertz CT molecular complexity index is 2770. The SMILES string of the molecule is O=C1O[C@@H](c2ccccc2)[C@@H](c2ccccc2)N2[C@@H](c3cccc(OCCO)c3)[C@]3(C(=O)N(C(=O)OCc4ccc([N+](=O)[O-])cc4)c4ccc(C#CCCO)cc43)[C@@H](C(=O)N3CCCCCCC3)[C@H]12. The molecule has 2 N–H and O–H groups in total. The van der Waals surface area contributed by atoms with Gasteiger partial charge >= 0.3 is 12.1 Å². The van der Waals surface area contributed by atoms with Crippen LogP contribution < -0.4 is 9.64 Å². The predicted molar refractivity (Wildman–Crippen MR) is 252 cm³/mol. The number of esters is 1. The Kier molecular flexibility index (Phi) is 13.9. The lowest BCUT2D eigenvalue weighted by Crippen LogP contribution is -2.56. The number of non-ortho nitro benzene ring substituents is 1. The number of ether oxygens (including phenoxy) is 3. The highest BCUT2D eigenvalue weighted by Gasteiger charge is 2.76. The number of nitro groups is 1. The molecule has 4 aliphatic heterocycles. The van der Waals surface area contributed by atoms with Gasteiger partial charge in [-0.1, -0.05) is 104 Å². The van der Waals surface area contributed by atoms with Crippen molar-refractivity contribution in [2.24, 2.45) is 5.92 Å². The van der Waals surface area contributed by atoms with Crippen molar-refractivity contribution in [2.75, 3.05) is 37.8 Å². The van der Waals surface area contributed by atoms with E-state index in [-0.39, 0.29) is 49.8 Å². The first kappa shape index (κ1) is 46.7. The van der Waals surface area contributed by atoms with Crippen molar-refractivity contribution in [3.8, 4) is 17.6 Å². The summed E-state index contributed by atoms with van der Waals surface area (Å²) in [6.45, 7) is -0.102. The summed E-state index contributed by atoms with van der Waals surface area (Å²) in [7, 11) is 0. The molecule has 3 fully saturated rings. The van der Waals surface area contributed by atoms with E-state index in [0.29, 0.717) is 53.9 Å². The summed E-state index contributed by atoms with van der Waals surface area (Å²) < 4.78 is 18.5. The molecule has 3 saturated heterocycles. The lowest BCUT2D eigenvalue weighted by molar-refractivity contribution is -0.384. The van der Waals surface area contributed by atoms with Crippen molar-refractivity contribution in [1.82, 2.24) is 9.80 Å². The number of carbonyl (C=O) groups excluding carboxylic acids is 4. The summed E-state index contributed by atoms with van der Waals surface area (Å²) in [5, 5.41) is 30.9. The molecule has 0 saturated carbocycles. The fourth-order valence-corrected chi connectivity index (χ4v) is 10.7. The molecule has 4 heterocycles. The zero-order valence-corrected chi connectivity index (χ0v) is 37.9. The van der Waals surface area contributed by atoms with Gasteiger partial charge in [0.25, 0.3) is 5.69 Å². The zero-order chi connectivity index (χ0) is 48.1. The third-order valence-electron chi connectivity index (χ3n) is 13.6. The van der Waals surface area contributed by atoms with E-state index in [1.807, 2.05) is 71.6 Å². The zero-order valence-electron chi connectivity index (χ0n) is 37.9. The molecule has 5 aromatic carbocycles. The number of amides is 3. The molecule has 0 radical (unpaired) electrons. The fourth-order valence-electron chi connectivity index (χ4n) is 10.7. The number of carbonyl (C=O) groups is 4. The van der Waals surface area contributed by atoms with Gasteiger partial charge in [-0.05, 0) is 83.1 Å². The fraction of sp³-hybridized carbons (Fsp3) is 0.333. The standard InChI is InChI=1S/C54H52N4O11/c59-30-13-10-15-36-24-27-44-43(33-36)54(52(63)56(44)53(64)68-35-37-22-25-41(26-23-37)58(65)66)45(50(61)55-28-11-2-1-3-12-29-55)47-51(62)69-48(39-18-8-5-9-19-39)46(38-16-6-4-7-17-38)57(47)49(54)40-20-14-21-42(34-40)67-32-31-60/h4-9,14,16-27,33-34,45-49,59-60H,1-3,11-13,28-32,35H2/t45-,46-,47-,48+,49+,54-/m1/s1. The smallest absolute Gasteiger partial charge is 0.421 e. The van der Waals surface area contributed by atoms with E-state index in [1.165, 1.54) is 24.3 Å². The average Bonchev–Trinajstić information content (AvgIpc) is 3.82. The number of anilines is 1. The third-order valence-corrected chi connectivity index (χ3v) is 13.6. The summed E-state index contributed by atoms with van der Waals surface area (Å²) >= 11 is 0. The van der Waals surface area contributed by atoms with E-state index in [0.717, 1.165) is 29.7 Å². The Labute approximate surface area is 399 Å². The van der Waals surface area contributed by atoms with E-state index in [2.05, 4.69) is 11.8 Å². The highest BCUT2D eigenvalue weighted by atomic mass is 16.6. The lowest BCUT2D eigenvalue weighted by Gasteiger charge is -2.46. The van der Waals surface area contributed by atoms with Crippen LogP contribution in [0.2, 0.25) is 0 Å². The number of nitro benzene ring substituents is 1. The first-order valence-corrected chi connectivity index (χ1v) is 23.4. The number of benzene rings is 5. The molecule has 0 aromatic heterocycles. The van der Waals surface area contributed by atoms with Crippen LogP contribution in [0.1, 0.15) is 90.1 Å². The molecule has 6 atom stereocenters. The van der Waals surface area contributed by atoms with E-state index < -0.39 is 64.4 Å². The van der Waals surface area contributed by atoms with E-state index in [1.54, 1.807) is 41.3 Å². The second-order valence-corrected chi connectivity index (χ2v) is 17.6. The Morgan fingerprint density at radius 3 is 2.14 bits per heavy atom. The number of hydrogen-bond donors (Lipinski definition) is 2. The van der Waals surface area contributed by atoms with Crippen LogP contribution in [0.3, 0.4) is 0 Å². The molecule has 15 nitrogen and oxygen atoms in total. The molecular weight excluding hydrogens is 881 g/mol. The predicted octanol–water partition coefficient (Wildman–Crippen LogP) is 7.49. The van der Waals surface area contributed by atoms with Crippen molar-refractivity contribution < 1.29 is 48.5 Å². The topological polar surface area (TPSA) is 189 Å². The number of hydrogen-bond acceptors (Lipinski definition) is 12. The van der Waals surface area contributed by atoms with Crippen LogP contribution in [0, 0.1) is 27.9 Å². The van der Waals surface area contributed by atoms with Gasteiger partial charge in [-0.15, -0.1) is 0 Å². The van der Waals surface area contributed by atoms with Crippen molar-refractivity contribution >= 4 is 35.3 Å². The Morgan fingerprint density at radius 1 is 0.783 bits per heavy atom. The normalized spacial score (nSPS) is 23.2. The first-order chi connectivity index (χ1) is 33.7. The summed E-state index contributed by atoms with van der Waals surface area (Å²) in [5.41, 5.74) is 0.927. The molecule has 354 valence electrons. The van der Waals surface area contributed by atoms with Crippen LogP contribution >= 0.6 is 0 Å². The molecule has 5 aromatic rings. The monoisotopic (exact) mass is 932 g/mol. The third kappa shape index (κ3) is 8.83. The highest BCUT2D eigenvalue weighted by Crippen LogP contribution is 2.66. The Balaban J connectivity index is 1.32. The number of cyclic esters (lactones) is 1. The van der Waals surface area contributed by atoms with Gasteiger partial charge in [-0.2, -0.15) is 0 Å². The molecule has 4 aliphatic rings. The second-order valence-electron chi connectivity index (χ2n) is 17.6. The van der Waals surface area contributed by atoms with Gasteiger partial charge in [-0.25, -0.2) is 9.69 Å². The maximum atomic E-state index is 16.6. The number of aliphatic hydroxyl groups is 2. The highest BCUT2D eigenvalue weighted by molar-refractivity contribution is 6.23. The average molecular weight is 933 g/mol. The second kappa shape index (κ2) is 20.5. The Hall–Kier alpha value is -7.38. The van der Waals surface area contributed by atoms with Crippen LogP contribution in [-0.4, -0.2) is 87.8 Å². The van der Waals surface area contributed by atoms with Crippen LogP contribution in [0.5, 0.6) is 5.75 Å². The first-order valence-electron chi connectivity index (χ1n) is 23.4. The molecule has 0 bridgehead atoms. The number of likely N-dealkylation sites (tertiary alicyclic amines) is 1. The van der Waals surface area contributed by atoms with Gasteiger partial charge in [0.2, 0.25) is 11.8 Å². The van der Waals surface area contributed by atoms with Gasteiger partial charge < -0.3 is 29.3 Å². The lowest BCUT2D eigenvalue weighted by atomic mass is 9.64. The van der Waals surface area contributed by atoms with Crippen molar-refractivity contribution in [2.45, 2.75) is 74.8 Å². The minimum atomic E-state index is -2.06. The number of aliphatic hydroxyl groups excluding tert-OH is 2. The van der Waals surface area contributed by atoms with E-state index in [9.17, 15) is 25.1 Å². The van der Waals surface area contributed by atoms with Crippen molar-refractivity contribution in [1.29, 1.82) is 0 Å². The quantitative estimate of drug-likeness (QED) is 0.0576. The minimum absolute atomic E-state index is 0.0390. The molecule has 0 unspecified atom stereocenters. The maximum Gasteiger partial charge on any atom is 0.421 e. The molecule has 69 heavy (non-hydrogen) atoms. The number of imide groups is 1. The van der Waals surface area contributed by atoms with Gasteiger partial charge in [0.05, 0.1) is 41.8 Å². The summed E-state index contributed by atoms with van der Waals surface area (Å²) in [4.78, 5) is 78.6. The molecule has 0 aliphatic carbocycles. The molecule has 1 spiro atoms. The van der Waals surface area contributed by atoms with E-state index in [4.69, 9.17) is 14.2 Å². The number of morpholine rings is 1. The minimum Gasteiger partial charge on any atom is -0.491 e. The molecule has 15 heteroatoms. The Morgan fingerprint density at radius 2 is 1.46 bits per heavy atom. The van der Waals surface area contributed by atoms with Crippen LogP contribution in [0.25, 0.3) is 0 Å². The summed E-state index contributed by atoms with van der Waals surface area (Å²) in [5.74, 6) is 2.96.